The number of nitrogens with zero attached hydrogens (tertiary/aromatic N) is 5. The third kappa shape index (κ3) is 2.81. The molecule has 0 bridgehead atoms. The van der Waals surface area contributed by atoms with Gasteiger partial charge in [0.15, 0.2) is 0 Å². The molecule has 0 radical (unpaired) electrons. The Morgan fingerprint density at radius 2 is 2.08 bits per heavy atom. The summed E-state index contributed by atoms with van der Waals surface area (Å²) >= 11 is 0. The van der Waals surface area contributed by atoms with E-state index in [2.05, 4.69) is 10.1 Å². The lowest BCUT2D eigenvalue weighted by atomic mass is 10.2. The summed E-state index contributed by atoms with van der Waals surface area (Å²) < 4.78 is 6.54. The van der Waals surface area contributed by atoms with Crippen molar-refractivity contribution in [1.82, 2.24) is 24.6 Å². The predicted molar refractivity (Wildman–Crippen MR) is 89.2 cm³/mol. The lowest BCUT2D eigenvalue weighted by molar-refractivity contribution is 0.0718. The molecule has 2 fully saturated rings. The van der Waals surface area contributed by atoms with Gasteiger partial charge in [0, 0.05) is 25.9 Å². The molecule has 4 rings (SSSR count). The van der Waals surface area contributed by atoms with Crippen LogP contribution in [0, 0.1) is 0 Å². The largest absolute Gasteiger partial charge is 0.442 e. The van der Waals surface area contributed by atoms with Crippen LogP contribution in [0.4, 0.5) is 4.79 Å². The lowest BCUT2D eigenvalue weighted by Crippen LogP contribution is -2.39. The number of rotatable bonds is 3. The van der Waals surface area contributed by atoms with E-state index < -0.39 is 6.09 Å². The summed E-state index contributed by atoms with van der Waals surface area (Å²) in [6.07, 6.45) is 0.907. The lowest BCUT2D eigenvalue weighted by Gasteiger charge is -2.22. The molecule has 9 nitrogen and oxygen atoms in total. The summed E-state index contributed by atoms with van der Waals surface area (Å²) in [6, 6.07) is 8.01. The normalized spacial score (nSPS) is 21.7. The first-order valence-corrected chi connectivity index (χ1v) is 8.24. The molecule has 9 heteroatoms. The van der Waals surface area contributed by atoms with Gasteiger partial charge in [-0.1, -0.05) is 6.07 Å². The average Bonchev–Trinajstić information content (AvgIpc) is 3.16. The second-order valence-corrected chi connectivity index (χ2v) is 6.33. The number of carbonyl (C=O) groups excluding carboxylic acids is 2. The first kappa shape index (κ1) is 16.2. The molecule has 2 atom stereocenters. The molecule has 2 aromatic rings. The van der Waals surface area contributed by atoms with E-state index >= 15 is 0 Å². The van der Waals surface area contributed by atoms with Crippen LogP contribution in [0.5, 0.6) is 0 Å². The minimum Gasteiger partial charge on any atom is -0.442 e. The van der Waals surface area contributed by atoms with E-state index in [1.54, 1.807) is 16.0 Å². The van der Waals surface area contributed by atoms with Crippen LogP contribution >= 0.6 is 0 Å². The van der Waals surface area contributed by atoms with E-state index in [0.717, 1.165) is 10.4 Å². The van der Waals surface area contributed by atoms with Gasteiger partial charge in [-0.2, -0.15) is 5.10 Å². The number of pyridine rings is 1. The molecule has 2 aromatic heterocycles. The fourth-order valence-corrected chi connectivity index (χ4v) is 3.30. The van der Waals surface area contributed by atoms with Crippen LogP contribution < -0.4 is 5.56 Å². The molecule has 2 amide bonds. The summed E-state index contributed by atoms with van der Waals surface area (Å²) in [5, 5.41) is 3.99. The van der Waals surface area contributed by atoms with Gasteiger partial charge in [-0.15, -0.1) is 0 Å². The van der Waals surface area contributed by atoms with Gasteiger partial charge in [0.1, 0.15) is 11.8 Å². The zero-order valence-electron chi connectivity index (χ0n) is 14.1. The molecular weight excluding hydrogens is 338 g/mol. The van der Waals surface area contributed by atoms with Crippen LogP contribution in [0.15, 0.2) is 41.3 Å². The number of hydrogen-bond acceptors (Lipinski definition) is 6. The van der Waals surface area contributed by atoms with Crippen molar-refractivity contribution in [1.29, 1.82) is 0 Å². The molecule has 0 aliphatic carbocycles. The average molecular weight is 355 g/mol. The molecule has 2 aliphatic rings. The Bertz CT molecular complexity index is 913. The van der Waals surface area contributed by atoms with E-state index in [4.69, 9.17) is 4.74 Å². The number of hydrogen-bond donors (Lipinski definition) is 0. The van der Waals surface area contributed by atoms with E-state index in [0.29, 0.717) is 19.6 Å². The zero-order chi connectivity index (χ0) is 18.3. The number of likely N-dealkylation sites (tertiary alicyclic amines) is 1. The number of amides is 2. The SMILES string of the molecule is Cn1nc(C(=O)N2C[C@H]3OC(=O)N(Cc4ccccn4)[C@H]3C2)ccc1=O. The van der Waals surface area contributed by atoms with Gasteiger partial charge < -0.3 is 9.64 Å². The maximum Gasteiger partial charge on any atom is 0.410 e. The van der Waals surface area contributed by atoms with E-state index in [9.17, 15) is 14.4 Å². The number of aromatic nitrogens is 3. The topological polar surface area (TPSA) is 97.6 Å². The number of carbonyl (C=O) groups is 2. The van der Waals surface area contributed by atoms with Crippen molar-refractivity contribution in [3.05, 3.63) is 58.3 Å². The molecule has 0 spiro atoms. The second-order valence-electron chi connectivity index (χ2n) is 6.33. The smallest absolute Gasteiger partial charge is 0.410 e. The first-order valence-electron chi connectivity index (χ1n) is 8.24. The quantitative estimate of drug-likeness (QED) is 0.770. The molecule has 134 valence electrons. The van der Waals surface area contributed by atoms with Crippen LogP contribution in [0.25, 0.3) is 0 Å². The minimum absolute atomic E-state index is 0.190. The van der Waals surface area contributed by atoms with Gasteiger partial charge >= 0.3 is 6.09 Å². The van der Waals surface area contributed by atoms with E-state index in [1.807, 2.05) is 18.2 Å². The van der Waals surface area contributed by atoms with Crippen molar-refractivity contribution >= 4 is 12.0 Å². The molecule has 0 N–H and O–H groups in total. The molecule has 26 heavy (non-hydrogen) atoms. The Morgan fingerprint density at radius 3 is 2.81 bits per heavy atom. The van der Waals surface area contributed by atoms with Crippen molar-refractivity contribution in [3.8, 4) is 0 Å². The first-order chi connectivity index (χ1) is 12.5. The fourth-order valence-electron chi connectivity index (χ4n) is 3.30. The van der Waals surface area contributed by atoms with Crippen molar-refractivity contribution in [2.24, 2.45) is 7.05 Å². The predicted octanol–water partition coefficient (Wildman–Crippen LogP) is 0.0207. The van der Waals surface area contributed by atoms with Gasteiger partial charge in [0.05, 0.1) is 24.8 Å². The zero-order valence-corrected chi connectivity index (χ0v) is 14.1. The van der Waals surface area contributed by atoms with E-state index in [1.165, 1.54) is 19.2 Å². The van der Waals surface area contributed by atoms with Crippen molar-refractivity contribution in [3.63, 3.8) is 0 Å². The highest BCUT2D eigenvalue weighted by molar-refractivity contribution is 5.92. The van der Waals surface area contributed by atoms with Crippen LogP contribution in [0.2, 0.25) is 0 Å². The Balaban J connectivity index is 1.50. The van der Waals surface area contributed by atoms with Crippen molar-refractivity contribution in [2.75, 3.05) is 13.1 Å². The maximum absolute atomic E-state index is 12.7. The molecule has 0 aromatic carbocycles. The molecule has 2 saturated heterocycles. The summed E-state index contributed by atoms with van der Waals surface area (Å²) in [5.74, 6) is -0.288. The minimum atomic E-state index is -0.391. The third-order valence-electron chi connectivity index (χ3n) is 4.65. The monoisotopic (exact) mass is 355 g/mol. The number of aryl methyl sites for hydroxylation is 1. The van der Waals surface area contributed by atoms with Crippen LogP contribution in [-0.2, 0) is 18.3 Å². The standard InChI is InChI=1S/C17H17N5O4/c1-20-15(23)6-5-12(19-20)16(24)21-9-13-14(10-21)26-17(25)22(13)8-11-4-2-3-7-18-11/h2-7,13-14H,8-10H2,1H3/t13-,14+/m0/s1. The van der Waals surface area contributed by atoms with Gasteiger partial charge in [-0.3, -0.25) is 19.5 Å². The third-order valence-corrected chi connectivity index (χ3v) is 4.65. The highest BCUT2D eigenvalue weighted by atomic mass is 16.6. The Kier molecular flexibility index (Phi) is 3.90. The second kappa shape index (κ2) is 6.25. The molecule has 2 aliphatic heterocycles. The summed E-state index contributed by atoms with van der Waals surface area (Å²) in [4.78, 5) is 43.7. The number of fused-ring (bicyclic) bond motifs is 1. The summed E-state index contributed by atoms with van der Waals surface area (Å²) in [7, 11) is 1.49. The Labute approximate surface area is 148 Å². The van der Waals surface area contributed by atoms with Crippen molar-refractivity contribution < 1.29 is 14.3 Å². The van der Waals surface area contributed by atoms with Gasteiger partial charge in [0.25, 0.3) is 11.5 Å². The van der Waals surface area contributed by atoms with Crippen LogP contribution in [0.3, 0.4) is 0 Å². The molecular formula is C17H17N5O4. The Morgan fingerprint density at radius 1 is 1.23 bits per heavy atom. The van der Waals surface area contributed by atoms with Crippen molar-refractivity contribution in [2.45, 2.75) is 18.7 Å². The van der Waals surface area contributed by atoms with Gasteiger partial charge in [-0.05, 0) is 18.2 Å². The van der Waals surface area contributed by atoms with Crippen LogP contribution in [-0.4, -0.2) is 61.8 Å². The summed E-state index contributed by atoms with van der Waals surface area (Å²) in [6.45, 7) is 0.992. The highest BCUT2D eigenvalue weighted by Gasteiger charge is 2.49. The number of ether oxygens (including phenoxy) is 1. The maximum atomic E-state index is 12.7. The Hall–Kier alpha value is -3.23. The highest BCUT2D eigenvalue weighted by Crippen LogP contribution is 2.28. The molecule has 0 unspecified atom stereocenters. The summed E-state index contributed by atoms with van der Waals surface area (Å²) in [5.41, 5.74) is 0.666. The molecule has 4 heterocycles. The molecule has 0 saturated carbocycles. The van der Waals surface area contributed by atoms with Crippen LogP contribution in [0.1, 0.15) is 16.2 Å². The van der Waals surface area contributed by atoms with E-state index in [-0.39, 0.29) is 29.3 Å². The fraction of sp³-hybridized carbons (Fsp3) is 0.353. The van der Waals surface area contributed by atoms with Gasteiger partial charge in [0.2, 0.25) is 0 Å². The van der Waals surface area contributed by atoms with Gasteiger partial charge in [-0.25, -0.2) is 9.48 Å².